The molecule has 0 unspecified atom stereocenters. The molecule has 21 heavy (non-hydrogen) atoms. The van der Waals surface area contributed by atoms with E-state index in [1.165, 1.54) is 45.2 Å². The molecule has 0 aromatic carbocycles. The van der Waals surface area contributed by atoms with E-state index >= 15 is 0 Å². The van der Waals surface area contributed by atoms with E-state index in [9.17, 15) is 4.79 Å². The van der Waals surface area contributed by atoms with E-state index in [4.69, 9.17) is 5.11 Å². The zero-order valence-corrected chi connectivity index (χ0v) is 12.4. The third-order valence-corrected chi connectivity index (χ3v) is 4.70. The van der Waals surface area contributed by atoms with Gasteiger partial charge in [-0.15, -0.1) is 0 Å². The molecule has 0 saturated carbocycles. The first-order valence-corrected chi connectivity index (χ1v) is 7.92. The Bertz CT molecular complexity index is 492. The molecule has 2 saturated heterocycles. The van der Waals surface area contributed by atoms with Crippen LogP contribution in [0.2, 0.25) is 0 Å². The summed E-state index contributed by atoms with van der Waals surface area (Å²) in [7, 11) is 0. The Hall–Kier alpha value is -1.62. The van der Waals surface area contributed by atoms with Crippen molar-refractivity contribution in [1.29, 1.82) is 0 Å². The second kappa shape index (κ2) is 6.43. The summed E-state index contributed by atoms with van der Waals surface area (Å²) in [5.41, 5.74) is 1.12. The Morgan fingerprint density at radius 3 is 2.52 bits per heavy atom. The van der Waals surface area contributed by atoms with Gasteiger partial charge >= 0.3 is 5.97 Å². The first kappa shape index (κ1) is 14.3. The first-order chi connectivity index (χ1) is 10.2. The van der Waals surface area contributed by atoms with Crippen molar-refractivity contribution in [3.8, 4) is 0 Å². The van der Waals surface area contributed by atoms with Crippen LogP contribution in [-0.4, -0.2) is 53.2 Å². The van der Waals surface area contributed by atoms with Gasteiger partial charge in [-0.05, 0) is 50.9 Å². The van der Waals surface area contributed by atoms with Gasteiger partial charge in [-0.2, -0.15) is 0 Å². The number of carboxylic acids is 1. The van der Waals surface area contributed by atoms with Crippen LogP contribution < -0.4 is 4.90 Å². The maximum absolute atomic E-state index is 11.0. The van der Waals surface area contributed by atoms with E-state index in [1.54, 1.807) is 12.3 Å². The average Bonchev–Trinajstić information content (AvgIpc) is 2.56. The van der Waals surface area contributed by atoms with Gasteiger partial charge in [0.1, 0.15) is 5.69 Å². The third kappa shape index (κ3) is 3.35. The predicted octanol–water partition coefficient (Wildman–Crippen LogP) is 2.23. The molecule has 0 spiro atoms. The fourth-order valence-electron chi connectivity index (χ4n) is 3.51. The Labute approximate surface area is 125 Å². The van der Waals surface area contributed by atoms with Crippen LogP contribution in [0.4, 0.5) is 5.69 Å². The summed E-state index contributed by atoms with van der Waals surface area (Å²) in [6, 6.07) is 4.30. The van der Waals surface area contributed by atoms with Crippen molar-refractivity contribution in [2.24, 2.45) is 0 Å². The quantitative estimate of drug-likeness (QED) is 0.925. The minimum absolute atomic E-state index is 0.130. The summed E-state index contributed by atoms with van der Waals surface area (Å²) in [6.45, 7) is 4.51. The van der Waals surface area contributed by atoms with Gasteiger partial charge in [-0.1, -0.05) is 6.42 Å². The summed E-state index contributed by atoms with van der Waals surface area (Å²) in [5.74, 6) is -0.958. The Balaban J connectivity index is 1.60. The molecule has 3 heterocycles. The smallest absolute Gasteiger partial charge is 0.354 e. The minimum atomic E-state index is -0.958. The van der Waals surface area contributed by atoms with Gasteiger partial charge in [0.2, 0.25) is 0 Å². The zero-order chi connectivity index (χ0) is 14.7. The number of rotatable bonds is 3. The molecule has 0 radical (unpaired) electrons. The minimum Gasteiger partial charge on any atom is -0.477 e. The molecular formula is C16H23N3O2. The summed E-state index contributed by atoms with van der Waals surface area (Å²) in [5, 5.41) is 9.03. The topological polar surface area (TPSA) is 56.7 Å². The molecule has 5 heteroatoms. The van der Waals surface area contributed by atoms with Crippen molar-refractivity contribution in [2.45, 2.75) is 38.1 Å². The van der Waals surface area contributed by atoms with E-state index in [-0.39, 0.29) is 5.69 Å². The molecule has 1 aromatic rings. The summed E-state index contributed by atoms with van der Waals surface area (Å²) in [4.78, 5) is 19.8. The Morgan fingerprint density at radius 2 is 1.86 bits per heavy atom. The lowest BCUT2D eigenvalue weighted by Crippen LogP contribution is -2.46. The van der Waals surface area contributed by atoms with Crippen LogP contribution >= 0.6 is 0 Å². The first-order valence-electron chi connectivity index (χ1n) is 7.92. The SMILES string of the molecule is O=C(O)c1cc(N2CCC(N3CCCCC3)CC2)ccn1. The maximum Gasteiger partial charge on any atom is 0.354 e. The van der Waals surface area contributed by atoms with Gasteiger partial charge in [0.15, 0.2) is 0 Å². The lowest BCUT2D eigenvalue weighted by molar-refractivity contribution is 0.0690. The van der Waals surface area contributed by atoms with E-state index in [0.29, 0.717) is 6.04 Å². The monoisotopic (exact) mass is 289 g/mol. The van der Waals surface area contributed by atoms with Gasteiger partial charge in [-0.3, -0.25) is 0 Å². The van der Waals surface area contributed by atoms with Crippen molar-refractivity contribution in [2.75, 3.05) is 31.1 Å². The number of carboxylic acid groups (broad SMARTS) is 1. The molecule has 5 nitrogen and oxygen atoms in total. The van der Waals surface area contributed by atoms with Gasteiger partial charge in [-0.25, -0.2) is 9.78 Å². The fraction of sp³-hybridized carbons (Fsp3) is 0.625. The van der Waals surface area contributed by atoms with Gasteiger partial charge in [0.05, 0.1) is 0 Å². The summed E-state index contributed by atoms with van der Waals surface area (Å²) in [6.07, 6.45) is 7.99. The van der Waals surface area contributed by atoms with Crippen LogP contribution in [0.3, 0.4) is 0 Å². The maximum atomic E-state index is 11.0. The standard InChI is InChI=1S/C16H23N3O2/c20-16(21)15-12-14(4-7-17-15)19-10-5-13(6-11-19)18-8-2-1-3-9-18/h4,7,12-13H,1-3,5-6,8-11H2,(H,20,21). The molecule has 2 aliphatic heterocycles. The Kier molecular flexibility index (Phi) is 4.39. The van der Waals surface area contributed by atoms with E-state index in [1.807, 2.05) is 6.07 Å². The van der Waals surface area contributed by atoms with Crippen molar-refractivity contribution in [3.05, 3.63) is 24.0 Å². The molecule has 0 atom stereocenters. The third-order valence-electron chi connectivity index (χ3n) is 4.70. The van der Waals surface area contributed by atoms with Gasteiger partial charge in [0, 0.05) is 31.0 Å². The van der Waals surface area contributed by atoms with Crippen LogP contribution in [0, 0.1) is 0 Å². The number of likely N-dealkylation sites (tertiary alicyclic amines) is 1. The fourth-order valence-corrected chi connectivity index (χ4v) is 3.51. The zero-order valence-electron chi connectivity index (χ0n) is 12.4. The Morgan fingerprint density at radius 1 is 1.14 bits per heavy atom. The number of aromatic carboxylic acids is 1. The number of piperidine rings is 2. The predicted molar refractivity (Wildman–Crippen MR) is 81.9 cm³/mol. The van der Waals surface area contributed by atoms with E-state index in [0.717, 1.165) is 18.8 Å². The van der Waals surface area contributed by atoms with Crippen LogP contribution in [0.5, 0.6) is 0 Å². The highest BCUT2D eigenvalue weighted by molar-refractivity contribution is 5.86. The molecule has 2 aliphatic rings. The molecule has 3 rings (SSSR count). The van der Waals surface area contributed by atoms with Crippen molar-refractivity contribution < 1.29 is 9.90 Å². The molecule has 1 N–H and O–H groups in total. The number of carbonyl (C=O) groups is 1. The molecule has 2 fully saturated rings. The molecule has 0 bridgehead atoms. The van der Waals surface area contributed by atoms with Crippen molar-refractivity contribution >= 4 is 11.7 Å². The summed E-state index contributed by atoms with van der Waals surface area (Å²) >= 11 is 0. The highest BCUT2D eigenvalue weighted by Gasteiger charge is 2.25. The lowest BCUT2D eigenvalue weighted by atomic mass is 9.99. The largest absolute Gasteiger partial charge is 0.477 e. The molecular weight excluding hydrogens is 266 g/mol. The van der Waals surface area contributed by atoms with E-state index < -0.39 is 5.97 Å². The molecule has 1 aromatic heterocycles. The lowest BCUT2D eigenvalue weighted by Gasteiger charge is -2.41. The number of pyridine rings is 1. The normalized spacial score (nSPS) is 21.4. The van der Waals surface area contributed by atoms with Gasteiger partial charge in [0.25, 0.3) is 0 Å². The van der Waals surface area contributed by atoms with Crippen LogP contribution in [0.25, 0.3) is 0 Å². The number of hydrogen-bond donors (Lipinski definition) is 1. The molecule has 0 aliphatic carbocycles. The highest BCUT2D eigenvalue weighted by atomic mass is 16.4. The molecule has 114 valence electrons. The second-order valence-electron chi connectivity index (χ2n) is 6.02. The van der Waals surface area contributed by atoms with E-state index in [2.05, 4.69) is 14.8 Å². The van der Waals surface area contributed by atoms with Crippen molar-refractivity contribution in [1.82, 2.24) is 9.88 Å². The number of hydrogen-bond acceptors (Lipinski definition) is 4. The summed E-state index contributed by atoms with van der Waals surface area (Å²) < 4.78 is 0. The number of anilines is 1. The highest BCUT2D eigenvalue weighted by Crippen LogP contribution is 2.24. The number of nitrogens with zero attached hydrogens (tertiary/aromatic N) is 3. The van der Waals surface area contributed by atoms with Crippen LogP contribution in [0.15, 0.2) is 18.3 Å². The second-order valence-corrected chi connectivity index (χ2v) is 6.02. The van der Waals surface area contributed by atoms with Gasteiger partial charge < -0.3 is 14.9 Å². The van der Waals surface area contributed by atoms with Crippen LogP contribution in [0.1, 0.15) is 42.6 Å². The molecule has 0 amide bonds. The average molecular weight is 289 g/mol. The van der Waals surface area contributed by atoms with Crippen molar-refractivity contribution in [3.63, 3.8) is 0 Å². The van der Waals surface area contributed by atoms with Crippen LogP contribution in [-0.2, 0) is 0 Å². The number of aromatic nitrogens is 1.